The van der Waals surface area contributed by atoms with Crippen molar-refractivity contribution in [3.05, 3.63) is 74.8 Å². The van der Waals surface area contributed by atoms with Gasteiger partial charge in [-0.3, -0.25) is 29.4 Å². The van der Waals surface area contributed by atoms with Gasteiger partial charge in [0.25, 0.3) is 17.5 Å². The molecule has 0 spiro atoms. The van der Waals surface area contributed by atoms with Gasteiger partial charge in [0.2, 0.25) is 5.91 Å². The molecule has 1 aliphatic heterocycles. The lowest BCUT2D eigenvalue weighted by Gasteiger charge is -2.24. The van der Waals surface area contributed by atoms with Crippen molar-refractivity contribution in [3.63, 3.8) is 0 Å². The van der Waals surface area contributed by atoms with Crippen LogP contribution >= 0.6 is 0 Å². The lowest BCUT2D eigenvalue weighted by molar-refractivity contribution is -0.384. The van der Waals surface area contributed by atoms with Crippen molar-refractivity contribution in [2.75, 3.05) is 6.54 Å². The maximum atomic E-state index is 12.7. The second kappa shape index (κ2) is 8.67. The Kier molecular flexibility index (Phi) is 6.19. The smallest absolute Gasteiger partial charge is 0.270 e. The minimum atomic E-state index is -0.707. The van der Waals surface area contributed by atoms with Gasteiger partial charge in [-0.1, -0.05) is 52.0 Å². The Hall–Kier alpha value is -3.55. The molecule has 0 aliphatic carbocycles. The van der Waals surface area contributed by atoms with Gasteiger partial charge in [0.05, 0.1) is 22.1 Å². The molecular formula is C23H25N3O5. The largest absolute Gasteiger partial charge is 0.347 e. The number of fused-ring (bicyclic) bond motifs is 1. The Bertz CT molecular complexity index is 1040. The summed E-state index contributed by atoms with van der Waals surface area (Å²) >= 11 is 0. The van der Waals surface area contributed by atoms with E-state index in [1.165, 1.54) is 17.7 Å². The summed E-state index contributed by atoms with van der Waals surface area (Å²) in [6.07, 6.45) is 0. The average molecular weight is 423 g/mol. The fourth-order valence-corrected chi connectivity index (χ4v) is 3.62. The predicted octanol–water partition coefficient (Wildman–Crippen LogP) is 3.83. The molecule has 0 bridgehead atoms. The topological polar surface area (TPSA) is 110 Å². The zero-order valence-electron chi connectivity index (χ0n) is 17.9. The lowest BCUT2D eigenvalue weighted by Crippen LogP contribution is -2.42. The average Bonchev–Trinajstić information content (AvgIpc) is 2.96. The molecule has 1 aliphatic rings. The summed E-state index contributed by atoms with van der Waals surface area (Å²) < 4.78 is 0. The van der Waals surface area contributed by atoms with E-state index in [9.17, 15) is 24.5 Å². The van der Waals surface area contributed by atoms with Crippen molar-refractivity contribution in [2.45, 2.75) is 39.7 Å². The number of nitro benzene ring substituents is 1. The number of amides is 3. The number of rotatable bonds is 7. The number of hydrogen-bond acceptors (Lipinski definition) is 5. The summed E-state index contributed by atoms with van der Waals surface area (Å²) in [5, 5.41) is 13.9. The van der Waals surface area contributed by atoms with Crippen LogP contribution in [-0.2, 0) is 4.79 Å². The molecule has 3 rings (SSSR count). The molecule has 8 nitrogen and oxygen atoms in total. The fourth-order valence-electron chi connectivity index (χ4n) is 3.62. The monoisotopic (exact) mass is 423 g/mol. The molecule has 0 saturated carbocycles. The fraction of sp³-hybridized carbons (Fsp3) is 0.348. The molecule has 0 aromatic heterocycles. The van der Waals surface area contributed by atoms with Crippen LogP contribution in [0, 0.1) is 16.0 Å². The van der Waals surface area contributed by atoms with Gasteiger partial charge < -0.3 is 5.32 Å². The molecule has 1 atom stereocenters. The molecule has 31 heavy (non-hydrogen) atoms. The number of carbonyl (C=O) groups excluding carboxylic acids is 3. The first-order valence-electron chi connectivity index (χ1n) is 10.1. The Morgan fingerprint density at radius 3 is 2.10 bits per heavy atom. The van der Waals surface area contributed by atoms with E-state index in [-0.39, 0.29) is 28.8 Å². The Labute approximate surface area is 180 Å². The molecule has 1 N–H and O–H groups in total. The number of carbonyl (C=O) groups is 3. The molecule has 0 fully saturated rings. The number of imide groups is 1. The third kappa shape index (κ3) is 4.47. The molecule has 2 aromatic carbocycles. The number of nitrogens with one attached hydrogen (secondary N) is 1. The van der Waals surface area contributed by atoms with Gasteiger partial charge in [-0.15, -0.1) is 0 Å². The van der Waals surface area contributed by atoms with Crippen molar-refractivity contribution in [3.8, 4) is 0 Å². The van der Waals surface area contributed by atoms with E-state index in [1.807, 2.05) is 38.1 Å². The zero-order chi connectivity index (χ0) is 22.9. The van der Waals surface area contributed by atoms with Crippen LogP contribution < -0.4 is 5.32 Å². The second-order valence-electron chi connectivity index (χ2n) is 8.29. The van der Waals surface area contributed by atoms with E-state index in [0.29, 0.717) is 5.92 Å². The summed E-state index contributed by atoms with van der Waals surface area (Å²) in [6.45, 7) is 7.71. The molecule has 0 radical (unpaired) electrons. The van der Waals surface area contributed by atoms with Gasteiger partial charge in [-0.25, -0.2) is 0 Å². The first-order valence-corrected chi connectivity index (χ1v) is 10.1. The zero-order valence-corrected chi connectivity index (χ0v) is 17.9. The molecule has 162 valence electrons. The SMILES string of the molecule is CC(C)c1ccc([C@@H](NC(=O)CN2C(=O)c3ccc([N+](=O)[O-])cc3C2=O)C(C)C)cc1. The van der Waals surface area contributed by atoms with E-state index in [2.05, 4.69) is 19.2 Å². The molecule has 1 heterocycles. The number of nitro groups is 1. The highest BCUT2D eigenvalue weighted by Gasteiger charge is 2.38. The van der Waals surface area contributed by atoms with E-state index < -0.39 is 29.2 Å². The van der Waals surface area contributed by atoms with Crippen molar-refractivity contribution in [1.29, 1.82) is 0 Å². The molecular weight excluding hydrogens is 398 g/mol. The van der Waals surface area contributed by atoms with Crippen molar-refractivity contribution >= 4 is 23.4 Å². The first kappa shape index (κ1) is 22.1. The highest BCUT2D eigenvalue weighted by atomic mass is 16.6. The van der Waals surface area contributed by atoms with E-state index >= 15 is 0 Å². The molecule has 0 saturated heterocycles. The van der Waals surface area contributed by atoms with Gasteiger partial charge in [0, 0.05) is 12.1 Å². The normalized spacial score (nSPS) is 14.2. The van der Waals surface area contributed by atoms with Crippen molar-refractivity contribution in [2.24, 2.45) is 5.92 Å². The second-order valence-corrected chi connectivity index (χ2v) is 8.29. The number of hydrogen-bond donors (Lipinski definition) is 1. The number of nitrogens with zero attached hydrogens (tertiary/aromatic N) is 2. The Morgan fingerprint density at radius 2 is 1.55 bits per heavy atom. The predicted molar refractivity (Wildman–Crippen MR) is 115 cm³/mol. The standard InChI is InChI=1S/C23H25N3O5/c1-13(2)15-5-7-16(8-6-15)21(14(3)4)24-20(27)12-25-22(28)18-10-9-17(26(30)31)11-19(18)23(25)29/h5-11,13-14,21H,12H2,1-4H3,(H,24,27)/t21-/m0/s1. The van der Waals surface area contributed by atoms with Gasteiger partial charge in [-0.2, -0.15) is 0 Å². The molecule has 3 amide bonds. The molecule has 2 aromatic rings. The van der Waals surface area contributed by atoms with Crippen molar-refractivity contribution < 1.29 is 19.3 Å². The van der Waals surface area contributed by atoms with Gasteiger partial charge >= 0.3 is 0 Å². The number of non-ortho nitro benzene ring substituents is 1. The number of benzene rings is 2. The third-order valence-corrected chi connectivity index (χ3v) is 5.41. The van der Waals surface area contributed by atoms with Crippen LogP contribution in [0.15, 0.2) is 42.5 Å². The first-order chi connectivity index (χ1) is 14.6. The van der Waals surface area contributed by atoms with E-state index in [1.54, 1.807) is 0 Å². The summed E-state index contributed by atoms with van der Waals surface area (Å²) in [5.74, 6) is -1.34. The lowest BCUT2D eigenvalue weighted by atomic mass is 9.93. The quantitative estimate of drug-likeness (QED) is 0.413. The Balaban J connectivity index is 1.75. The minimum Gasteiger partial charge on any atom is -0.347 e. The highest BCUT2D eigenvalue weighted by molar-refractivity contribution is 6.22. The summed E-state index contributed by atoms with van der Waals surface area (Å²) in [5.41, 5.74) is 1.85. The summed E-state index contributed by atoms with van der Waals surface area (Å²) in [4.78, 5) is 49.0. The maximum absolute atomic E-state index is 12.7. The van der Waals surface area contributed by atoms with Crippen LogP contribution in [0.4, 0.5) is 5.69 Å². The van der Waals surface area contributed by atoms with Crippen LogP contribution in [-0.4, -0.2) is 34.1 Å². The maximum Gasteiger partial charge on any atom is 0.270 e. The van der Waals surface area contributed by atoms with Crippen LogP contribution in [0.1, 0.15) is 71.5 Å². The van der Waals surface area contributed by atoms with Gasteiger partial charge in [0.15, 0.2) is 0 Å². The highest BCUT2D eigenvalue weighted by Crippen LogP contribution is 2.27. The Morgan fingerprint density at radius 1 is 0.968 bits per heavy atom. The van der Waals surface area contributed by atoms with E-state index in [0.717, 1.165) is 16.5 Å². The molecule has 0 unspecified atom stereocenters. The van der Waals surface area contributed by atoms with Crippen LogP contribution in [0.2, 0.25) is 0 Å². The van der Waals surface area contributed by atoms with Crippen LogP contribution in [0.3, 0.4) is 0 Å². The summed E-state index contributed by atoms with van der Waals surface area (Å²) in [7, 11) is 0. The molecule has 8 heteroatoms. The van der Waals surface area contributed by atoms with Crippen molar-refractivity contribution in [1.82, 2.24) is 10.2 Å². The van der Waals surface area contributed by atoms with E-state index in [4.69, 9.17) is 0 Å². The van der Waals surface area contributed by atoms with Crippen LogP contribution in [0.5, 0.6) is 0 Å². The third-order valence-electron chi connectivity index (χ3n) is 5.41. The van der Waals surface area contributed by atoms with Gasteiger partial charge in [-0.05, 0) is 29.0 Å². The summed E-state index contributed by atoms with van der Waals surface area (Å²) in [6, 6.07) is 11.2. The minimum absolute atomic E-state index is 0.0586. The van der Waals surface area contributed by atoms with Gasteiger partial charge in [0.1, 0.15) is 6.54 Å². The van der Waals surface area contributed by atoms with Crippen LogP contribution in [0.25, 0.3) is 0 Å².